The summed E-state index contributed by atoms with van der Waals surface area (Å²) in [5.74, 6) is 10.2. The number of aryl methyl sites for hydroxylation is 2. The summed E-state index contributed by atoms with van der Waals surface area (Å²) in [5.41, 5.74) is -0.587. The predicted octanol–water partition coefficient (Wildman–Crippen LogP) is 20.2. The van der Waals surface area contributed by atoms with Crippen LogP contribution >= 0.6 is 43.2 Å². The van der Waals surface area contributed by atoms with Crippen molar-refractivity contribution in [1.82, 2.24) is 9.80 Å². The van der Waals surface area contributed by atoms with E-state index in [0.717, 1.165) is 177 Å². The first kappa shape index (κ1) is 85.8. The van der Waals surface area contributed by atoms with Crippen molar-refractivity contribution in [2.45, 2.75) is 237 Å². The van der Waals surface area contributed by atoms with Crippen molar-refractivity contribution in [2.75, 3.05) is 116 Å². The van der Waals surface area contributed by atoms with Gasteiger partial charge in [-0.2, -0.15) is 45.9 Å². The molecule has 1 radical (unpaired) electrons. The van der Waals surface area contributed by atoms with E-state index in [0.29, 0.717) is 80.9 Å². The number of hydrogen-bond acceptors (Lipinski definition) is 14. The standard InChI is InChI=1S/C75H116F9N2O8S4.Y/c1-54(19-11-14-48-96-98-50-16-37-86(8)39-46-88-58-23-27-60-56(52-58)21-25-64-62(60)33-35-71(5)66(64)29-31-68(71)90-41-18-43-92-72(6,74(79,80)81)75(82,83)84)53-94-93-44-12-9-10-13-47-95-97-49-15-36-85(7)38-45-87-57-22-26-59-55(51-57)20-24-63-61(59)32-34-70(4)65(63)28-30-67(70)89-40-17-42-91-69(2,3)73(76,77)78;/h12,22-23,26-27,51-52,54,61-68H,9-11,13-21,24-25,28-50,53H2,1-8H3;/q-1;. The van der Waals surface area contributed by atoms with Gasteiger partial charge in [0.1, 0.15) is 24.7 Å². The van der Waals surface area contributed by atoms with Gasteiger partial charge < -0.3 is 44.6 Å². The van der Waals surface area contributed by atoms with Gasteiger partial charge >= 0.3 is 18.5 Å². The monoisotopic (exact) mass is 1560 g/mol. The molecular weight excluding hydrogens is 1440 g/mol. The first-order valence-electron chi connectivity index (χ1n) is 36.8. The normalized spacial score (nSPS) is 25.8. The van der Waals surface area contributed by atoms with Crippen molar-refractivity contribution in [2.24, 2.45) is 40.4 Å². The van der Waals surface area contributed by atoms with Crippen LogP contribution in [0.3, 0.4) is 0 Å². The van der Waals surface area contributed by atoms with Crippen LogP contribution in [0.25, 0.3) is 0 Å². The zero-order valence-corrected chi connectivity index (χ0v) is 66.5. The average Bonchev–Trinajstić information content (AvgIpc) is 1.66. The van der Waals surface area contributed by atoms with Crippen molar-refractivity contribution >= 4 is 43.2 Å². The Balaban J connectivity index is 0.0000138. The molecule has 6 aliphatic rings. The Bertz CT molecular complexity index is 2660. The van der Waals surface area contributed by atoms with Crippen LogP contribution in [-0.2, 0) is 74.3 Å². The first-order chi connectivity index (χ1) is 46.6. The van der Waals surface area contributed by atoms with Crippen LogP contribution in [0.5, 0.6) is 11.5 Å². The summed E-state index contributed by atoms with van der Waals surface area (Å²) in [7, 11) is 12.2. The third-order valence-corrected chi connectivity index (χ3v) is 28.1. The molecule has 0 N–H and O–H groups in total. The van der Waals surface area contributed by atoms with E-state index in [1.165, 1.54) is 47.9 Å². The van der Waals surface area contributed by atoms with Crippen molar-refractivity contribution in [3.8, 4) is 11.5 Å². The average molecular weight is 1560 g/mol. The molecule has 4 saturated carbocycles. The summed E-state index contributed by atoms with van der Waals surface area (Å²) < 4.78 is 154. The first-order valence-corrected chi connectivity index (χ1v) is 41.8. The molecule has 0 spiro atoms. The minimum absolute atomic E-state index is 0. The summed E-state index contributed by atoms with van der Waals surface area (Å²) in [6.07, 6.45) is 8.98. The number of hydrogen-bond donors (Lipinski definition) is 0. The minimum Gasteiger partial charge on any atom is -0.492 e. The van der Waals surface area contributed by atoms with Crippen LogP contribution in [-0.4, -0.2) is 168 Å². The summed E-state index contributed by atoms with van der Waals surface area (Å²) in [5, 5.41) is 0. The van der Waals surface area contributed by atoms with Crippen LogP contribution in [0.1, 0.15) is 204 Å². The molecule has 8 rings (SSSR count). The minimum atomic E-state index is -5.57. The molecule has 24 heteroatoms. The number of nitrogens with zero attached hydrogens (tertiary/aromatic N) is 2. The Morgan fingerprint density at radius 1 is 0.525 bits per heavy atom. The second-order valence-corrected chi connectivity index (χ2v) is 35.6. The third-order valence-electron chi connectivity index (χ3n) is 22.9. The fourth-order valence-corrected chi connectivity index (χ4v) is 21.2. The molecule has 6 aliphatic carbocycles. The van der Waals surface area contributed by atoms with Gasteiger partial charge in [-0.15, -0.1) is 0 Å². The maximum absolute atomic E-state index is 13.2. The zero-order chi connectivity index (χ0) is 70.6. The molecule has 10 nitrogen and oxygen atoms in total. The van der Waals surface area contributed by atoms with Crippen LogP contribution in [0.15, 0.2) is 36.4 Å². The Morgan fingerprint density at radius 2 is 0.990 bits per heavy atom. The van der Waals surface area contributed by atoms with Crippen LogP contribution in [0.4, 0.5) is 39.5 Å². The van der Waals surface area contributed by atoms with E-state index in [1.54, 1.807) is 0 Å². The third kappa shape index (κ3) is 24.3. The Labute approximate surface area is 628 Å². The molecule has 0 heterocycles. The molecule has 0 aromatic heterocycles. The van der Waals surface area contributed by atoms with Gasteiger partial charge in [0.05, 0.1) is 25.4 Å². The number of rotatable bonds is 45. The zero-order valence-electron chi connectivity index (χ0n) is 60.4. The number of halogens is 9. The number of ether oxygens (including phenoxy) is 6. The molecule has 0 aliphatic heterocycles. The topological polar surface area (TPSA) is 80.3 Å². The molecular formula is C75H116F9N2O8S4Y-. The molecule has 0 bridgehead atoms. The Hall–Kier alpha value is -0.406. The maximum atomic E-state index is 13.2. The molecule has 4 fully saturated rings. The maximum Gasteiger partial charge on any atom is 0.426 e. The van der Waals surface area contributed by atoms with Gasteiger partial charge in [0, 0.05) is 88.6 Å². The SMILES string of the molecule is CC(CCCCSSCCCN(C)CCOc1ccc2c(c1)CCC1C2CCC2(C)C(OCCCOC(C)(C(F)(F)F)C(F)(F)F)CCC12)COOC[CH-]CCCCSSCCCN(C)CCOc1ccc2c(c1)CCC1C2CCC2(C)C(OCCCOC(C)(C)C(F)(F)F)CCC12.[Y]. The molecule has 565 valence electrons. The summed E-state index contributed by atoms with van der Waals surface area (Å²) >= 11 is 0. The number of benzene rings is 2. The van der Waals surface area contributed by atoms with E-state index in [1.807, 2.05) is 43.2 Å². The van der Waals surface area contributed by atoms with E-state index < -0.39 is 36.3 Å². The molecule has 99 heavy (non-hydrogen) atoms. The van der Waals surface area contributed by atoms with Crippen LogP contribution < -0.4 is 9.47 Å². The molecule has 0 saturated heterocycles. The fourth-order valence-electron chi connectivity index (χ4n) is 16.7. The second kappa shape index (κ2) is 40.7. The largest absolute Gasteiger partial charge is 0.492 e. The van der Waals surface area contributed by atoms with Gasteiger partial charge in [-0.1, -0.05) is 88.9 Å². The van der Waals surface area contributed by atoms with Gasteiger partial charge in [0.25, 0.3) is 5.60 Å². The van der Waals surface area contributed by atoms with Gasteiger partial charge in [-0.3, -0.25) is 4.89 Å². The van der Waals surface area contributed by atoms with E-state index in [2.05, 4.69) is 92.2 Å². The second-order valence-electron chi connectivity index (χ2n) is 30.2. The van der Waals surface area contributed by atoms with Crippen molar-refractivity contribution in [3.63, 3.8) is 0 Å². The van der Waals surface area contributed by atoms with E-state index in [4.69, 9.17) is 33.5 Å². The quantitative estimate of drug-likeness (QED) is 0.0158. The van der Waals surface area contributed by atoms with Gasteiger partial charge in [0.2, 0.25) is 0 Å². The Morgan fingerprint density at radius 3 is 1.46 bits per heavy atom. The van der Waals surface area contributed by atoms with Crippen molar-refractivity contribution in [3.05, 3.63) is 65.1 Å². The van der Waals surface area contributed by atoms with E-state index in [-0.39, 0.29) is 82.3 Å². The fraction of sp³-hybridized carbons (Fsp3) is 0.827. The Kier molecular flexibility index (Phi) is 35.3. The van der Waals surface area contributed by atoms with Gasteiger partial charge in [-0.25, -0.2) is 4.89 Å². The van der Waals surface area contributed by atoms with E-state index >= 15 is 0 Å². The summed E-state index contributed by atoms with van der Waals surface area (Å²) in [4.78, 5) is 15.7. The molecule has 11 unspecified atom stereocenters. The van der Waals surface area contributed by atoms with Crippen LogP contribution in [0.2, 0.25) is 0 Å². The van der Waals surface area contributed by atoms with Gasteiger partial charge in [-0.05, 0) is 275 Å². The van der Waals surface area contributed by atoms with Gasteiger partial charge in [0.15, 0.2) is 5.60 Å². The molecule has 2 aromatic carbocycles. The number of alkyl halides is 9. The summed E-state index contributed by atoms with van der Waals surface area (Å²) in [6.45, 7) is 15.2. The molecule has 2 aromatic rings. The van der Waals surface area contributed by atoms with Crippen molar-refractivity contribution in [1.29, 1.82) is 0 Å². The number of fused-ring (bicyclic) bond motifs is 10. The molecule has 11 atom stereocenters. The van der Waals surface area contributed by atoms with Crippen LogP contribution in [0, 0.1) is 46.8 Å². The van der Waals surface area contributed by atoms with E-state index in [9.17, 15) is 39.5 Å². The smallest absolute Gasteiger partial charge is 0.426 e. The number of unbranched alkanes of at least 4 members (excludes halogenated alkanes) is 4. The number of likely N-dealkylation sites (N-methyl/N-ethyl adjacent to an activating group) is 2. The summed E-state index contributed by atoms with van der Waals surface area (Å²) in [6, 6.07) is 13.4. The predicted molar refractivity (Wildman–Crippen MR) is 382 cm³/mol. The molecule has 0 amide bonds. The van der Waals surface area contributed by atoms with Crippen molar-refractivity contribution < 1.29 is 110 Å².